The molecule has 202 valence electrons. The van der Waals surface area contributed by atoms with Gasteiger partial charge in [0.25, 0.3) is 5.91 Å². The third-order valence-corrected chi connectivity index (χ3v) is 6.98. The second-order valence-corrected chi connectivity index (χ2v) is 10.3. The van der Waals surface area contributed by atoms with E-state index in [1.165, 1.54) is 24.3 Å². The van der Waals surface area contributed by atoms with Crippen molar-refractivity contribution in [1.29, 1.82) is 5.26 Å². The monoisotopic (exact) mass is 531 g/mol. The first kappa shape index (κ1) is 27.5. The van der Waals surface area contributed by atoms with E-state index < -0.39 is 28.7 Å². The Morgan fingerprint density at radius 3 is 2.64 bits per heavy atom. The molecule has 1 aliphatic rings. The third-order valence-electron chi connectivity index (χ3n) is 6.98. The Balaban J connectivity index is 1.49. The number of aromatic nitrogens is 2. The minimum atomic E-state index is -0.830. The van der Waals surface area contributed by atoms with Crippen molar-refractivity contribution >= 4 is 11.8 Å². The van der Waals surface area contributed by atoms with E-state index in [0.29, 0.717) is 41.0 Å². The molecule has 0 bridgehead atoms. The van der Waals surface area contributed by atoms with Crippen LogP contribution in [0.2, 0.25) is 0 Å². The van der Waals surface area contributed by atoms with Gasteiger partial charge in [0, 0.05) is 11.6 Å². The van der Waals surface area contributed by atoms with E-state index in [0.717, 1.165) is 0 Å². The third kappa shape index (κ3) is 5.98. The maximum Gasteiger partial charge on any atom is 0.307 e. The second-order valence-electron chi connectivity index (χ2n) is 10.3. The van der Waals surface area contributed by atoms with Gasteiger partial charge in [0.15, 0.2) is 5.75 Å². The second kappa shape index (κ2) is 11.1. The highest BCUT2D eigenvalue weighted by atomic mass is 19.1. The summed E-state index contributed by atoms with van der Waals surface area (Å²) in [6, 6.07) is 13.8. The molecule has 3 aromatic rings. The van der Waals surface area contributed by atoms with E-state index in [1.807, 2.05) is 0 Å². The summed E-state index contributed by atoms with van der Waals surface area (Å²) >= 11 is 0. The molecule has 1 saturated heterocycles. The summed E-state index contributed by atoms with van der Waals surface area (Å²) in [5.74, 6) is -0.736. The van der Waals surface area contributed by atoms with Gasteiger partial charge in [-0.15, -0.1) is 0 Å². The van der Waals surface area contributed by atoms with E-state index >= 15 is 0 Å². The van der Waals surface area contributed by atoms with Gasteiger partial charge in [-0.25, -0.2) is 9.49 Å². The topological polar surface area (TPSA) is 128 Å². The van der Waals surface area contributed by atoms with Crippen molar-refractivity contribution in [3.8, 4) is 17.6 Å². The van der Waals surface area contributed by atoms with Gasteiger partial charge < -0.3 is 15.0 Å². The standard InChI is InChI=1S/C29H30FN5O4/c1-17-12-20(8-10-23(17)39-24-13-18(2)33-34-28(24)38)27(37)32-15-26(36)35-22(19-6-5-7-21(30)14-19)9-11-25(35)29(3,4)16-31/h5-8,10,12-14,22,25H,9,11,15H2,1-4H3,(H,32,37)(H,34,38)/t22-,25?/m0/s1. The Hall–Kier alpha value is -4.52. The van der Waals surface area contributed by atoms with Crippen molar-refractivity contribution in [2.24, 2.45) is 5.41 Å². The number of rotatable bonds is 7. The van der Waals surface area contributed by atoms with Crippen molar-refractivity contribution in [1.82, 2.24) is 20.4 Å². The maximum atomic E-state index is 14.0. The number of nitriles is 1. The van der Waals surface area contributed by atoms with Crippen LogP contribution in [0.15, 0.2) is 53.3 Å². The van der Waals surface area contributed by atoms with Crippen LogP contribution < -0.4 is 15.6 Å². The van der Waals surface area contributed by atoms with Crippen LogP contribution in [0.5, 0.6) is 11.5 Å². The SMILES string of the molecule is Cc1cc(Oc2ccc(C(=O)NCC(=O)N3C(C(C)(C)C#N)CC[C@H]3c3cccc(F)c3)cc2C)c(=O)[nH]n1. The van der Waals surface area contributed by atoms with Crippen LogP contribution in [0.4, 0.5) is 4.39 Å². The zero-order valence-corrected chi connectivity index (χ0v) is 22.2. The average molecular weight is 532 g/mol. The van der Waals surface area contributed by atoms with E-state index in [1.54, 1.807) is 56.9 Å². The lowest BCUT2D eigenvalue weighted by atomic mass is 9.84. The predicted molar refractivity (Wildman–Crippen MR) is 142 cm³/mol. The molecule has 1 fully saturated rings. The number of halogens is 1. The van der Waals surface area contributed by atoms with E-state index in [9.17, 15) is 24.0 Å². The van der Waals surface area contributed by atoms with Crippen LogP contribution in [0, 0.1) is 36.4 Å². The number of ether oxygens (including phenoxy) is 1. The molecule has 39 heavy (non-hydrogen) atoms. The predicted octanol–water partition coefficient (Wildman–Crippen LogP) is 4.33. The van der Waals surface area contributed by atoms with Crippen molar-refractivity contribution in [2.75, 3.05) is 6.54 Å². The van der Waals surface area contributed by atoms with Gasteiger partial charge >= 0.3 is 5.56 Å². The lowest BCUT2D eigenvalue weighted by Crippen LogP contribution is -2.48. The fraction of sp³-hybridized carbons (Fsp3) is 0.345. The molecule has 0 spiro atoms. The first-order valence-electron chi connectivity index (χ1n) is 12.6. The van der Waals surface area contributed by atoms with Crippen molar-refractivity contribution < 1.29 is 18.7 Å². The molecule has 0 saturated carbocycles. The Bertz CT molecular complexity index is 1510. The molecule has 9 nitrogen and oxygen atoms in total. The molecular weight excluding hydrogens is 501 g/mol. The largest absolute Gasteiger partial charge is 0.451 e. The van der Waals surface area contributed by atoms with E-state index in [2.05, 4.69) is 21.6 Å². The highest BCUT2D eigenvalue weighted by molar-refractivity contribution is 5.97. The normalized spacial score (nSPS) is 17.0. The Kier molecular flexibility index (Phi) is 7.81. The molecule has 2 amide bonds. The molecule has 1 unspecified atom stereocenters. The number of likely N-dealkylation sites (tertiary alicyclic amines) is 1. The smallest absolute Gasteiger partial charge is 0.307 e. The number of nitrogens with zero attached hydrogens (tertiary/aromatic N) is 3. The van der Waals surface area contributed by atoms with Crippen LogP contribution in [-0.4, -0.2) is 39.5 Å². The molecule has 1 aromatic heterocycles. The van der Waals surface area contributed by atoms with Gasteiger partial charge in [0.2, 0.25) is 5.91 Å². The molecular formula is C29H30FN5O4. The molecule has 0 radical (unpaired) electrons. The first-order valence-corrected chi connectivity index (χ1v) is 12.6. The number of benzene rings is 2. The number of hydrogen-bond acceptors (Lipinski definition) is 6. The lowest BCUT2D eigenvalue weighted by molar-refractivity contribution is -0.134. The summed E-state index contributed by atoms with van der Waals surface area (Å²) in [4.78, 5) is 40.0. The molecule has 2 heterocycles. The molecule has 4 rings (SSSR count). The zero-order chi connectivity index (χ0) is 28.3. The Labute approximate surface area is 225 Å². The van der Waals surface area contributed by atoms with Crippen molar-refractivity contribution in [3.05, 3.63) is 87.1 Å². The van der Waals surface area contributed by atoms with Crippen LogP contribution in [-0.2, 0) is 4.79 Å². The minimum Gasteiger partial charge on any atom is -0.451 e. The Morgan fingerprint density at radius 2 is 1.95 bits per heavy atom. The van der Waals surface area contributed by atoms with Crippen molar-refractivity contribution in [2.45, 2.75) is 52.6 Å². The average Bonchev–Trinajstić information content (AvgIpc) is 3.37. The fourth-order valence-corrected chi connectivity index (χ4v) is 4.91. The number of H-pyrrole nitrogens is 1. The van der Waals surface area contributed by atoms with Crippen LogP contribution in [0.25, 0.3) is 0 Å². The minimum absolute atomic E-state index is 0.0849. The number of hydrogen-bond donors (Lipinski definition) is 2. The molecule has 1 aliphatic heterocycles. The summed E-state index contributed by atoms with van der Waals surface area (Å²) in [6.45, 7) is 6.72. The summed E-state index contributed by atoms with van der Waals surface area (Å²) in [5.41, 5.74) is 0.857. The van der Waals surface area contributed by atoms with Crippen LogP contribution >= 0.6 is 0 Å². The fourth-order valence-electron chi connectivity index (χ4n) is 4.91. The zero-order valence-electron chi connectivity index (χ0n) is 22.2. The summed E-state index contributed by atoms with van der Waals surface area (Å²) in [7, 11) is 0. The first-order chi connectivity index (χ1) is 18.5. The van der Waals surface area contributed by atoms with Crippen molar-refractivity contribution in [3.63, 3.8) is 0 Å². The lowest BCUT2D eigenvalue weighted by Gasteiger charge is -2.36. The summed E-state index contributed by atoms with van der Waals surface area (Å²) in [5, 5.41) is 18.6. The van der Waals surface area contributed by atoms with Gasteiger partial charge in [-0.05, 0) is 82.0 Å². The number of carbonyl (C=O) groups is 2. The number of amides is 2. The van der Waals surface area contributed by atoms with Crippen LogP contribution in [0.3, 0.4) is 0 Å². The van der Waals surface area contributed by atoms with Gasteiger partial charge in [0.05, 0.1) is 35.8 Å². The number of aromatic amines is 1. The quantitative estimate of drug-likeness (QED) is 0.467. The van der Waals surface area contributed by atoms with E-state index in [-0.39, 0.29) is 24.2 Å². The highest BCUT2D eigenvalue weighted by Gasteiger charge is 2.45. The van der Waals surface area contributed by atoms with Gasteiger partial charge in [-0.1, -0.05) is 12.1 Å². The Morgan fingerprint density at radius 1 is 1.18 bits per heavy atom. The highest BCUT2D eigenvalue weighted by Crippen LogP contribution is 2.43. The summed E-state index contributed by atoms with van der Waals surface area (Å²) in [6.07, 6.45) is 1.17. The number of carbonyl (C=O) groups excluding carboxylic acids is 2. The number of nitrogens with one attached hydrogen (secondary N) is 2. The summed E-state index contributed by atoms with van der Waals surface area (Å²) < 4.78 is 19.7. The maximum absolute atomic E-state index is 14.0. The molecule has 0 aliphatic carbocycles. The molecule has 2 atom stereocenters. The van der Waals surface area contributed by atoms with E-state index in [4.69, 9.17) is 4.74 Å². The molecule has 10 heteroatoms. The van der Waals surface area contributed by atoms with Gasteiger partial charge in [-0.3, -0.25) is 14.4 Å². The number of aryl methyl sites for hydroxylation is 2. The molecule has 2 aromatic carbocycles. The van der Waals surface area contributed by atoms with Gasteiger partial charge in [-0.2, -0.15) is 10.4 Å². The van der Waals surface area contributed by atoms with Gasteiger partial charge in [0.1, 0.15) is 11.6 Å². The van der Waals surface area contributed by atoms with Crippen LogP contribution in [0.1, 0.15) is 59.9 Å². The molecule has 2 N–H and O–H groups in total.